The summed E-state index contributed by atoms with van der Waals surface area (Å²) < 4.78 is 5.25. The molecule has 4 rings (SSSR count). The minimum atomic E-state index is -0.884. The van der Waals surface area contributed by atoms with Gasteiger partial charge >= 0.3 is 5.97 Å². The van der Waals surface area contributed by atoms with E-state index in [0.717, 1.165) is 42.7 Å². The Bertz CT molecular complexity index is 1050. The maximum atomic E-state index is 11.4. The number of carboxylic acid groups (broad SMARTS) is 1. The van der Waals surface area contributed by atoms with E-state index in [0.29, 0.717) is 11.5 Å². The van der Waals surface area contributed by atoms with Crippen molar-refractivity contribution in [2.24, 2.45) is 0 Å². The van der Waals surface area contributed by atoms with Crippen molar-refractivity contribution in [3.8, 4) is 5.75 Å². The summed E-state index contributed by atoms with van der Waals surface area (Å²) in [5.74, 6) is 0.427. The molecule has 0 aliphatic heterocycles. The Kier molecular flexibility index (Phi) is 5.70. The van der Waals surface area contributed by atoms with E-state index in [-0.39, 0.29) is 0 Å². The lowest BCUT2D eigenvalue weighted by Gasteiger charge is -2.21. The number of pyridine rings is 1. The average Bonchev–Trinajstić information content (AvgIpc) is 3.19. The van der Waals surface area contributed by atoms with Crippen molar-refractivity contribution >= 4 is 17.3 Å². The summed E-state index contributed by atoms with van der Waals surface area (Å²) in [7, 11) is 3.75. The van der Waals surface area contributed by atoms with Crippen LogP contribution in [0.5, 0.6) is 5.75 Å². The fourth-order valence-corrected chi connectivity index (χ4v) is 4.32. The molecule has 1 aliphatic rings. The molecule has 30 heavy (non-hydrogen) atoms. The summed E-state index contributed by atoms with van der Waals surface area (Å²) in [6.07, 6.45) is 7.06. The number of carbonyl (C=O) groups is 1. The first-order valence-electron chi connectivity index (χ1n) is 10.2. The van der Waals surface area contributed by atoms with Gasteiger partial charge in [0, 0.05) is 30.8 Å². The number of aromatic nitrogens is 1. The molecule has 154 valence electrons. The van der Waals surface area contributed by atoms with Crippen molar-refractivity contribution in [2.75, 3.05) is 19.1 Å². The molecule has 0 radical (unpaired) electrons. The molecular weight excluding hydrogens is 376 g/mol. The van der Waals surface area contributed by atoms with Gasteiger partial charge in [-0.2, -0.15) is 0 Å². The molecule has 1 aliphatic carbocycles. The SMILES string of the molecule is COc1ccc(N(C)c2ccc3c(c2)CC[C@H]3CCc2cnccc2C(=O)O)cc1. The van der Waals surface area contributed by atoms with Gasteiger partial charge in [0.1, 0.15) is 5.75 Å². The fourth-order valence-electron chi connectivity index (χ4n) is 4.32. The highest BCUT2D eigenvalue weighted by Crippen LogP contribution is 2.39. The first-order chi connectivity index (χ1) is 14.6. The van der Waals surface area contributed by atoms with Crippen molar-refractivity contribution in [1.82, 2.24) is 4.98 Å². The van der Waals surface area contributed by atoms with Crippen LogP contribution in [0.1, 0.15) is 45.8 Å². The van der Waals surface area contributed by atoms with Gasteiger partial charge < -0.3 is 14.7 Å². The van der Waals surface area contributed by atoms with Gasteiger partial charge in [-0.05, 0) is 90.8 Å². The van der Waals surface area contributed by atoms with Gasteiger partial charge in [0.15, 0.2) is 0 Å². The fraction of sp³-hybridized carbons (Fsp3) is 0.280. The number of aromatic carboxylic acids is 1. The van der Waals surface area contributed by atoms with Crippen LogP contribution in [0.3, 0.4) is 0 Å². The van der Waals surface area contributed by atoms with E-state index in [9.17, 15) is 9.90 Å². The number of ether oxygens (including phenoxy) is 1. The third-order valence-electron chi connectivity index (χ3n) is 6.07. The van der Waals surface area contributed by atoms with Crippen molar-refractivity contribution in [3.63, 3.8) is 0 Å². The smallest absolute Gasteiger partial charge is 0.336 e. The Morgan fingerprint density at radius 2 is 1.93 bits per heavy atom. The van der Waals surface area contributed by atoms with Gasteiger partial charge in [0.25, 0.3) is 0 Å². The number of hydrogen-bond acceptors (Lipinski definition) is 4. The van der Waals surface area contributed by atoms with Crippen LogP contribution < -0.4 is 9.64 Å². The molecule has 0 unspecified atom stereocenters. The van der Waals surface area contributed by atoms with E-state index < -0.39 is 5.97 Å². The van der Waals surface area contributed by atoms with Crippen molar-refractivity contribution in [3.05, 3.63) is 83.2 Å². The second kappa shape index (κ2) is 8.57. The summed E-state index contributed by atoms with van der Waals surface area (Å²) in [6, 6.07) is 16.3. The molecule has 5 heteroatoms. The Hall–Kier alpha value is -3.34. The number of nitrogens with zero attached hydrogens (tertiary/aromatic N) is 2. The lowest BCUT2D eigenvalue weighted by atomic mass is 9.93. The highest BCUT2D eigenvalue weighted by atomic mass is 16.5. The number of anilines is 2. The maximum absolute atomic E-state index is 11.4. The monoisotopic (exact) mass is 402 g/mol. The molecule has 0 fully saturated rings. The van der Waals surface area contributed by atoms with Gasteiger partial charge in [-0.15, -0.1) is 0 Å². The molecule has 0 spiro atoms. The maximum Gasteiger partial charge on any atom is 0.336 e. The van der Waals surface area contributed by atoms with Crippen LogP contribution in [0.2, 0.25) is 0 Å². The first kappa shape index (κ1) is 20.0. The van der Waals surface area contributed by atoms with Crippen LogP contribution in [-0.4, -0.2) is 30.2 Å². The standard InChI is InChI=1S/C25H26N2O3/c1-27(20-7-10-22(30-2)11-8-20)21-9-12-23-17(3-5-18(23)15-21)4-6-19-16-26-14-13-24(19)25(28)29/h7-17H,3-6H2,1-2H3,(H,28,29)/t17-/m0/s1. The molecule has 0 saturated carbocycles. The number of hydrogen-bond donors (Lipinski definition) is 1. The molecule has 5 nitrogen and oxygen atoms in total. The molecule has 1 N–H and O–H groups in total. The first-order valence-corrected chi connectivity index (χ1v) is 10.2. The predicted octanol–water partition coefficient (Wildman–Crippen LogP) is 5.22. The molecule has 0 saturated heterocycles. The third kappa shape index (κ3) is 4.01. The molecule has 1 aromatic heterocycles. The largest absolute Gasteiger partial charge is 0.497 e. The highest BCUT2D eigenvalue weighted by Gasteiger charge is 2.24. The number of carboxylic acids is 1. The zero-order chi connectivity index (χ0) is 21.1. The Morgan fingerprint density at radius 1 is 1.17 bits per heavy atom. The van der Waals surface area contributed by atoms with Gasteiger partial charge in [0.2, 0.25) is 0 Å². The zero-order valence-electron chi connectivity index (χ0n) is 17.3. The van der Waals surface area contributed by atoms with Crippen LogP contribution in [-0.2, 0) is 12.8 Å². The van der Waals surface area contributed by atoms with E-state index in [1.807, 2.05) is 12.1 Å². The minimum absolute atomic E-state index is 0.361. The lowest BCUT2D eigenvalue weighted by Crippen LogP contribution is -2.10. The minimum Gasteiger partial charge on any atom is -0.497 e. The molecule has 1 heterocycles. The van der Waals surface area contributed by atoms with Crippen LogP contribution in [0.25, 0.3) is 0 Å². The van der Waals surface area contributed by atoms with Crippen molar-refractivity contribution in [1.29, 1.82) is 0 Å². The van der Waals surface area contributed by atoms with Crippen LogP contribution in [0, 0.1) is 0 Å². The van der Waals surface area contributed by atoms with Crippen molar-refractivity contribution < 1.29 is 14.6 Å². The van der Waals surface area contributed by atoms with Crippen LogP contribution in [0.4, 0.5) is 11.4 Å². The number of rotatable bonds is 7. The third-order valence-corrected chi connectivity index (χ3v) is 6.07. The average molecular weight is 402 g/mol. The Labute approximate surface area is 177 Å². The van der Waals surface area contributed by atoms with E-state index in [2.05, 4.69) is 47.3 Å². The molecule has 0 amide bonds. The quantitative estimate of drug-likeness (QED) is 0.587. The summed E-state index contributed by atoms with van der Waals surface area (Å²) >= 11 is 0. The van der Waals surface area contributed by atoms with Crippen LogP contribution >= 0.6 is 0 Å². The van der Waals surface area contributed by atoms with Gasteiger partial charge in [-0.1, -0.05) is 6.07 Å². The molecule has 3 aromatic rings. The number of fused-ring (bicyclic) bond motifs is 1. The lowest BCUT2D eigenvalue weighted by molar-refractivity contribution is 0.0695. The van der Waals surface area contributed by atoms with E-state index >= 15 is 0 Å². The molecule has 1 atom stereocenters. The predicted molar refractivity (Wildman–Crippen MR) is 118 cm³/mol. The van der Waals surface area contributed by atoms with Gasteiger partial charge in [-0.25, -0.2) is 4.79 Å². The number of benzene rings is 2. The second-order valence-corrected chi connectivity index (χ2v) is 7.75. The normalized spacial score (nSPS) is 14.9. The van der Waals surface area contributed by atoms with E-state index in [1.54, 1.807) is 25.6 Å². The van der Waals surface area contributed by atoms with E-state index in [1.165, 1.54) is 16.8 Å². The number of aryl methyl sites for hydroxylation is 2. The topological polar surface area (TPSA) is 62.7 Å². The van der Waals surface area contributed by atoms with E-state index in [4.69, 9.17) is 4.74 Å². The highest BCUT2D eigenvalue weighted by molar-refractivity contribution is 5.89. The molecule has 2 aromatic carbocycles. The Morgan fingerprint density at radius 3 is 2.67 bits per heavy atom. The zero-order valence-corrected chi connectivity index (χ0v) is 17.3. The summed E-state index contributed by atoms with van der Waals surface area (Å²) in [4.78, 5) is 17.7. The number of methoxy groups -OCH3 is 1. The van der Waals surface area contributed by atoms with Gasteiger partial charge in [0.05, 0.1) is 12.7 Å². The van der Waals surface area contributed by atoms with Crippen LogP contribution in [0.15, 0.2) is 60.9 Å². The summed E-state index contributed by atoms with van der Waals surface area (Å²) in [6.45, 7) is 0. The Balaban J connectivity index is 1.48. The second-order valence-electron chi connectivity index (χ2n) is 7.75. The summed E-state index contributed by atoms with van der Waals surface area (Å²) in [5, 5.41) is 9.38. The summed E-state index contributed by atoms with van der Waals surface area (Å²) in [5.41, 5.74) is 6.24. The van der Waals surface area contributed by atoms with Crippen molar-refractivity contribution in [2.45, 2.75) is 31.6 Å². The molecule has 0 bridgehead atoms. The van der Waals surface area contributed by atoms with Gasteiger partial charge in [-0.3, -0.25) is 4.98 Å². The molecular formula is C25H26N2O3.